The topological polar surface area (TPSA) is 57.5 Å². The van der Waals surface area contributed by atoms with Gasteiger partial charge in [0.05, 0.1) is 11.7 Å². The van der Waals surface area contributed by atoms with Crippen molar-refractivity contribution in [3.63, 3.8) is 0 Å². The molecule has 2 aliphatic rings. The van der Waals surface area contributed by atoms with E-state index in [-0.39, 0.29) is 23.0 Å². The predicted octanol–water partition coefficient (Wildman–Crippen LogP) is 3.80. The lowest BCUT2D eigenvalue weighted by molar-refractivity contribution is -0.122. The molecule has 0 spiro atoms. The van der Waals surface area contributed by atoms with Crippen molar-refractivity contribution in [2.24, 2.45) is 17.3 Å². The summed E-state index contributed by atoms with van der Waals surface area (Å²) in [6, 6.07) is 0. The SMILES string of the molecule is C/C1=C\C[C@@H](O)/C(C)=C/C[C@]2(C)CC[C@](O)(C(C)C)C2CC1=O. The molecule has 0 aromatic carbocycles. The first-order valence-electron chi connectivity index (χ1n) is 8.87. The van der Waals surface area contributed by atoms with Gasteiger partial charge in [-0.15, -0.1) is 0 Å². The number of aliphatic hydroxyl groups is 2. The molecule has 0 aromatic heterocycles. The Balaban J connectivity index is 2.45. The lowest BCUT2D eigenvalue weighted by Crippen LogP contribution is -2.44. The lowest BCUT2D eigenvalue weighted by Gasteiger charge is -2.40. The maximum atomic E-state index is 12.6. The molecule has 2 N–H and O–H groups in total. The fourth-order valence-electron chi connectivity index (χ4n) is 4.26. The van der Waals surface area contributed by atoms with Crippen molar-refractivity contribution in [3.8, 4) is 0 Å². The summed E-state index contributed by atoms with van der Waals surface area (Å²) in [6.45, 7) is 10.1. The second kappa shape index (κ2) is 6.52. The van der Waals surface area contributed by atoms with E-state index in [9.17, 15) is 15.0 Å². The maximum Gasteiger partial charge on any atom is 0.158 e. The molecule has 2 aliphatic carbocycles. The summed E-state index contributed by atoms with van der Waals surface area (Å²) in [5.41, 5.74) is 0.793. The summed E-state index contributed by atoms with van der Waals surface area (Å²) in [7, 11) is 0. The van der Waals surface area contributed by atoms with Crippen LogP contribution in [0.4, 0.5) is 0 Å². The third kappa shape index (κ3) is 3.46. The zero-order valence-corrected chi connectivity index (χ0v) is 15.2. The molecule has 0 bridgehead atoms. The molecule has 1 unspecified atom stereocenters. The quantitative estimate of drug-likeness (QED) is 0.723. The first-order chi connectivity index (χ1) is 10.6. The van der Waals surface area contributed by atoms with Gasteiger partial charge in [0.15, 0.2) is 5.78 Å². The Morgan fingerprint density at radius 1 is 1.22 bits per heavy atom. The summed E-state index contributed by atoms with van der Waals surface area (Å²) in [5.74, 6) is 0.200. The number of fused-ring (bicyclic) bond motifs is 1. The van der Waals surface area contributed by atoms with E-state index < -0.39 is 11.7 Å². The number of aliphatic hydroxyl groups excluding tert-OH is 1. The fourth-order valence-corrected chi connectivity index (χ4v) is 4.26. The number of carbonyl (C=O) groups excluding carboxylic acids is 1. The Morgan fingerprint density at radius 2 is 1.87 bits per heavy atom. The zero-order valence-electron chi connectivity index (χ0n) is 15.2. The minimum atomic E-state index is -0.779. The van der Waals surface area contributed by atoms with Crippen LogP contribution in [0.25, 0.3) is 0 Å². The van der Waals surface area contributed by atoms with E-state index in [1.165, 1.54) is 0 Å². The van der Waals surface area contributed by atoms with Gasteiger partial charge in [-0.2, -0.15) is 0 Å². The molecule has 0 heterocycles. The molecule has 0 saturated heterocycles. The van der Waals surface area contributed by atoms with Gasteiger partial charge in [-0.05, 0) is 62.0 Å². The van der Waals surface area contributed by atoms with E-state index >= 15 is 0 Å². The zero-order chi connectivity index (χ0) is 17.4. The van der Waals surface area contributed by atoms with Crippen LogP contribution in [0.2, 0.25) is 0 Å². The summed E-state index contributed by atoms with van der Waals surface area (Å²) in [4.78, 5) is 12.6. The van der Waals surface area contributed by atoms with Crippen LogP contribution in [-0.4, -0.2) is 27.7 Å². The monoisotopic (exact) mass is 320 g/mol. The smallest absolute Gasteiger partial charge is 0.158 e. The third-order valence-electron chi connectivity index (χ3n) is 6.43. The van der Waals surface area contributed by atoms with Crippen LogP contribution in [0.5, 0.6) is 0 Å². The van der Waals surface area contributed by atoms with Crippen molar-refractivity contribution in [2.45, 2.75) is 78.4 Å². The number of hydrogen-bond acceptors (Lipinski definition) is 3. The predicted molar refractivity (Wildman–Crippen MR) is 93.0 cm³/mol. The van der Waals surface area contributed by atoms with E-state index in [0.717, 1.165) is 24.8 Å². The number of Topliss-reactive ketones (excluding diaryl/α,β-unsaturated/α-hetero) is 1. The number of carbonyl (C=O) groups is 1. The van der Waals surface area contributed by atoms with Gasteiger partial charge in [-0.25, -0.2) is 0 Å². The molecule has 23 heavy (non-hydrogen) atoms. The molecule has 0 radical (unpaired) electrons. The summed E-state index contributed by atoms with van der Waals surface area (Å²) in [6.07, 6.45) is 6.79. The van der Waals surface area contributed by atoms with E-state index in [2.05, 4.69) is 26.8 Å². The van der Waals surface area contributed by atoms with Crippen molar-refractivity contribution < 1.29 is 15.0 Å². The highest BCUT2D eigenvalue weighted by atomic mass is 16.3. The van der Waals surface area contributed by atoms with E-state index in [1.54, 1.807) is 0 Å². The van der Waals surface area contributed by atoms with Crippen LogP contribution in [0.1, 0.15) is 66.7 Å². The Bertz CT molecular complexity index is 531. The first-order valence-corrected chi connectivity index (χ1v) is 8.87. The molecular weight excluding hydrogens is 288 g/mol. The number of rotatable bonds is 1. The molecule has 0 aromatic rings. The van der Waals surface area contributed by atoms with Crippen LogP contribution in [0, 0.1) is 17.3 Å². The standard InChI is InChI=1S/C20H32O3/c1-13(2)20(23)11-10-19(5)9-8-15(4)16(21)7-6-14(3)17(22)12-18(19)20/h6,8,13,16,18,21,23H,7,9-12H2,1-5H3/b14-6+,15-8+/t16-,18?,19-,20+/m1/s1. The van der Waals surface area contributed by atoms with Gasteiger partial charge in [0.1, 0.15) is 0 Å². The highest BCUT2D eigenvalue weighted by Crippen LogP contribution is 2.56. The van der Waals surface area contributed by atoms with Crippen LogP contribution in [0.3, 0.4) is 0 Å². The normalized spacial score (nSPS) is 44.1. The van der Waals surface area contributed by atoms with Crippen molar-refractivity contribution >= 4 is 5.78 Å². The number of allylic oxidation sites excluding steroid dienone is 2. The van der Waals surface area contributed by atoms with Gasteiger partial charge in [0.2, 0.25) is 0 Å². The van der Waals surface area contributed by atoms with Gasteiger partial charge in [-0.3, -0.25) is 4.79 Å². The fraction of sp³-hybridized carbons (Fsp3) is 0.750. The molecule has 4 atom stereocenters. The largest absolute Gasteiger partial charge is 0.389 e. The van der Waals surface area contributed by atoms with Crippen LogP contribution >= 0.6 is 0 Å². The third-order valence-corrected chi connectivity index (χ3v) is 6.43. The van der Waals surface area contributed by atoms with Gasteiger partial charge in [0.25, 0.3) is 0 Å². The molecule has 0 amide bonds. The molecule has 3 heteroatoms. The van der Waals surface area contributed by atoms with E-state index in [4.69, 9.17) is 0 Å². The summed E-state index contributed by atoms with van der Waals surface area (Å²) in [5, 5.41) is 21.5. The van der Waals surface area contributed by atoms with E-state index in [0.29, 0.717) is 18.4 Å². The minimum Gasteiger partial charge on any atom is -0.389 e. The van der Waals surface area contributed by atoms with E-state index in [1.807, 2.05) is 19.9 Å². The second-order valence-electron chi connectivity index (χ2n) is 8.27. The molecule has 1 fully saturated rings. The molecule has 3 nitrogen and oxygen atoms in total. The van der Waals surface area contributed by atoms with Crippen molar-refractivity contribution in [2.75, 3.05) is 0 Å². The number of hydrogen-bond donors (Lipinski definition) is 2. The Kier molecular flexibility index (Phi) is 5.22. The molecule has 130 valence electrons. The Labute approximate surface area is 140 Å². The molecular formula is C20H32O3. The lowest BCUT2D eigenvalue weighted by atomic mass is 9.67. The average molecular weight is 320 g/mol. The van der Waals surface area contributed by atoms with Crippen molar-refractivity contribution in [3.05, 3.63) is 23.3 Å². The average Bonchev–Trinajstić information content (AvgIpc) is 2.75. The van der Waals surface area contributed by atoms with Crippen LogP contribution in [0.15, 0.2) is 23.3 Å². The Hall–Kier alpha value is -0.930. The highest BCUT2D eigenvalue weighted by Gasteiger charge is 2.55. The van der Waals surface area contributed by atoms with Crippen molar-refractivity contribution in [1.82, 2.24) is 0 Å². The summed E-state index contributed by atoms with van der Waals surface area (Å²) >= 11 is 0. The second-order valence-corrected chi connectivity index (χ2v) is 8.27. The van der Waals surface area contributed by atoms with Crippen molar-refractivity contribution in [1.29, 1.82) is 0 Å². The maximum absolute atomic E-state index is 12.6. The highest BCUT2D eigenvalue weighted by molar-refractivity contribution is 5.95. The summed E-state index contributed by atoms with van der Waals surface area (Å²) < 4.78 is 0. The van der Waals surface area contributed by atoms with Gasteiger partial charge < -0.3 is 10.2 Å². The molecule has 2 rings (SSSR count). The van der Waals surface area contributed by atoms with Gasteiger partial charge in [-0.1, -0.05) is 32.9 Å². The molecule has 1 saturated carbocycles. The molecule has 0 aliphatic heterocycles. The number of ketones is 1. The minimum absolute atomic E-state index is 0.0369. The van der Waals surface area contributed by atoms with Crippen LogP contribution < -0.4 is 0 Å². The Morgan fingerprint density at radius 3 is 2.48 bits per heavy atom. The van der Waals surface area contributed by atoms with Crippen LogP contribution in [-0.2, 0) is 4.79 Å². The van der Waals surface area contributed by atoms with Gasteiger partial charge >= 0.3 is 0 Å². The van der Waals surface area contributed by atoms with Gasteiger partial charge in [0, 0.05) is 12.3 Å². The first kappa shape index (κ1) is 18.4.